The summed E-state index contributed by atoms with van der Waals surface area (Å²) in [6, 6.07) is 2.09. The van der Waals surface area contributed by atoms with Gasteiger partial charge < -0.3 is 4.90 Å². The summed E-state index contributed by atoms with van der Waals surface area (Å²) in [5, 5.41) is 8.98. The van der Waals surface area contributed by atoms with Crippen LogP contribution < -0.4 is 0 Å². The Morgan fingerprint density at radius 1 is 1.59 bits per heavy atom. The van der Waals surface area contributed by atoms with E-state index < -0.39 is 0 Å². The largest absolute Gasteiger partial charge is 0.336 e. The molecule has 1 unspecified atom stereocenters. The summed E-state index contributed by atoms with van der Waals surface area (Å²) in [6.45, 7) is 4.53. The van der Waals surface area contributed by atoms with Gasteiger partial charge in [-0.15, -0.1) is 0 Å². The molecule has 0 bridgehead atoms. The molecule has 90 valence electrons. The van der Waals surface area contributed by atoms with E-state index >= 15 is 0 Å². The van der Waals surface area contributed by atoms with Crippen molar-refractivity contribution in [1.29, 1.82) is 5.26 Å². The lowest BCUT2D eigenvalue weighted by Crippen LogP contribution is -2.34. The zero-order valence-electron chi connectivity index (χ0n) is 9.72. The third kappa shape index (κ3) is 3.68. The van der Waals surface area contributed by atoms with Crippen LogP contribution >= 0.6 is 11.6 Å². The summed E-state index contributed by atoms with van der Waals surface area (Å²) in [5.41, 5.74) is 0.237. The molecule has 0 aliphatic carbocycles. The first-order valence-electron chi connectivity index (χ1n) is 5.25. The van der Waals surface area contributed by atoms with E-state index in [4.69, 9.17) is 16.9 Å². The topological polar surface area (TPSA) is 69.9 Å². The fourth-order valence-electron chi connectivity index (χ4n) is 1.31. The molecule has 0 saturated heterocycles. The molecule has 1 rings (SSSR count). The molecule has 1 atom stereocenters. The van der Waals surface area contributed by atoms with Gasteiger partial charge in [0, 0.05) is 13.1 Å². The number of aromatic nitrogens is 2. The normalized spacial score (nSPS) is 11.6. The molecule has 1 aromatic heterocycles. The van der Waals surface area contributed by atoms with E-state index in [0.29, 0.717) is 13.1 Å². The Balaban J connectivity index is 2.79. The van der Waals surface area contributed by atoms with Gasteiger partial charge in [0.15, 0.2) is 0 Å². The fourth-order valence-corrected chi connectivity index (χ4v) is 1.41. The highest BCUT2D eigenvalue weighted by Gasteiger charge is 2.17. The van der Waals surface area contributed by atoms with Crippen LogP contribution in [0.5, 0.6) is 0 Å². The van der Waals surface area contributed by atoms with Gasteiger partial charge in [-0.05, 0) is 13.8 Å². The van der Waals surface area contributed by atoms with Gasteiger partial charge in [0.2, 0.25) is 0 Å². The van der Waals surface area contributed by atoms with Crippen LogP contribution in [0.15, 0.2) is 12.4 Å². The molecular formula is C11H13ClN4O. The predicted molar refractivity (Wildman–Crippen MR) is 63.4 cm³/mol. The molecule has 0 aliphatic rings. The summed E-state index contributed by atoms with van der Waals surface area (Å²) >= 11 is 5.60. The minimum Gasteiger partial charge on any atom is -0.336 e. The minimum atomic E-state index is -0.237. The highest BCUT2D eigenvalue weighted by Crippen LogP contribution is 2.06. The highest BCUT2D eigenvalue weighted by molar-refractivity contribution is 6.29. The first kappa shape index (κ1) is 13.4. The maximum absolute atomic E-state index is 12.0. The Morgan fingerprint density at radius 3 is 2.76 bits per heavy atom. The van der Waals surface area contributed by atoms with Crippen LogP contribution in [0.2, 0.25) is 5.15 Å². The lowest BCUT2D eigenvalue weighted by atomic mass is 10.2. The number of halogens is 1. The van der Waals surface area contributed by atoms with E-state index in [1.807, 2.05) is 6.92 Å². The van der Waals surface area contributed by atoms with Crippen molar-refractivity contribution in [2.45, 2.75) is 13.8 Å². The second-order valence-electron chi connectivity index (χ2n) is 3.60. The van der Waals surface area contributed by atoms with E-state index in [-0.39, 0.29) is 22.7 Å². The van der Waals surface area contributed by atoms with Gasteiger partial charge in [0.05, 0.1) is 24.4 Å². The molecule has 17 heavy (non-hydrogen) atoms. The number of nitrogens with zero attached hydrogens (tertiary/aromatic N) is 4. The zero-order chi connectivity index (χ0) is 12.8. The van der Waals surface area contributed by atoms with Crippen molar-refractivity contribution in [3.8, 4) is 6.07 Å². The molecule has 1 aromatic rings. The number of hydrogen-bond acceptors (Lipinski definition) is 4. The Kier molecular flexibility index (Phi) is 4.85. The lowest BCUT2D eigenvalue weighted by Gasteiger charge is -2.21. The lowest BCUT2D eigenvalue weighted by molar-refractivity contribution is 0.0746. The molecule has 1 amide bonds. The Hall–Kier alpha value is -1.67. The van der Waals surface area contributed by atoms with E-state index in [9.17, 15) is 4.79 Å². The molecule has 5 nitrogen and oxygen atoms in total. The molecule has 0 N–H and O–H groups in total. The van der Waals surface area contributed by atoms with Crippen LogP contribution in [0.3, 0.4) is 0 Å². The Morgan fingerprint density at radius 2 is 2.29 bits per heavy atom. The maximum Gasteiger partial charge on any atom is 0.274 e. The van der Waals surface area contributed by atoms with E-state index in [0.717, 1.165) is 0 Å². The Labute approximate surface area is 105 Å². The monoisotopic (exact) mass is 252 g/mol. The van der Waals surface area contributed by atoms with Crippen LogP contribution in [-0.2, 0) is 0 Å². The fraction of sp³-hybridized carbons (Fsp3) is 0.455. The van der Waals surface area contributed by atoms with Crippen LogP contribution in [0.1, 0.15) is 24.3 Å². The Bertz CT molecular complexity index is 426. The van der Waals surface area contributed by atoms with Gasteiger partial charge >= 0.3 is 0 Å². The van der Waals surface area contributed by atoms with Gasteiger partial charge in [-0.3, -0.25) is 4.79 Å². The van der Waals surface area contributed by atoms with E-state index in [2.05, 4.69) is 16.0 Å². The molecule has 6 heteroatoms. The molecule has 0 fully saturated rings. The van der Waals surface area contributed by atoms with Crippen LogP contribution in [-0.4, -0.2) is 33.9 Å². The van der Waals surface area contributed by atoms with Crippen molar-refractivity contribution < 1.29 is 4.79 Å². The second kappa shape index (κ2) is 6.16. The third-order valence-electron chi connectivity index (χ3n) is 2.22. The third-order valence-corrected chi connectivity index (χ3v) is 2.42. The number of hydrogen-bond donors (Lipinski definition) is 0. The van der Waals surface area contributed by atoms with Gasteiger partial charge in [-0.1, -0.05) is 11.6 Å². The smallest absolute Gasteiger partial charge is 0.274 e. The van der Waals surface area contributed by atoms with E-state index in [1.165, 1.54) is 12.4 Å². The summed E-state index contributed by atoms with van der Waals surface area (Å²) in [5.74, 6) is -0.446. The summed E-state index contributed by atoms with van der Waals surface area (Å²) < 4.78 is 0. The molecule has 0 radical (unpaired) electrons. The van der Waals surface area contributed by atoms with Crippen molar-refractivity contribution >= 4 is 17.5 Å². The van der Waals surface area contributed by atoms with Gasteiger partial charge in [-0.2, -0.15) is 5.26 Å². The number of nitriles is 1. The van der Waals surface area contributed by atoms with Crippen LogP contribution in [0.4, 0.5) is 0 Å². The first-order chi connectivity index (χ1) is 8.08. The molecule has 1 heterocycles. The molecular weight excluding hydrogens is 240 g/mol. The number of amides is 1. The number of carbonyl (C=O) groups is 1. The van der Waals surface area contributed by atoms with Gasteiger partial charge in [0.25, 0.3) is 5.91 Å². The number of rotatable bonds is 4. The van der Waals surface area contributed by atoms with Crippen molar-refractivity contribution in [3.05, 3.63) is 23.2 Å². The molecule has 0 aromatic carbocycles. The van der Waals surface area contributed by atoms with Crippen molar-refractivity contribution in [2.75, 3.05) is 13.1 Å². The van der Waals surface area contributed by atoms with Crippen molar-refractivity contribution in [1.82, 2.24) is 14.9 Å². The van der Waals surface area contributed by atoms with Gasteiger partial charge in [0.1, 0.15) is 10.8 Å². The first-order valence-corrected chi connectivity index (χ1v) is 5.62. The van der Waals surface area contributed by atoms with Gasteiger partial charge in [-0.25, -0.2) is 9.97 Å². The van der Waals surface area contributed by atoms with E-state index in [1.54, 1.807) is 11.8 Å². The number of carbonyl (C=O) groups excluding carboxylic acids is 1. The summed E-state index contributed by atoms with van der Waals surface area (Å²) in [7, 11) is 0. The van der Waals surface area contributed by atoms with Crippen LogP contribution in [0, 0.1) is 17.2 Å². The van der Waals surface area contributed by atoms with Crippen molar-refractivity contribution in [3.63, 3.8) is 0 Å². The second-order valence-corrected chi connectivity index (χ2v) is 3.99. The average molecular weight is 253 g/mol. The van der Waals surface area contributed by atoms with Crippen LogP contribution in [0.25, 0.3) is 0 Å². The summed E-state index contributed by atoms with van der Waals surface area (Å²) in [4.78, 5) is 21.3. The predicted octanol–water partition coefficient (Wildman–Crippen LogP) is 1.75. The molecule has 0 aliphatic heterocycles. The molecule has 0 spiro atoms. The minimum absolute atomic E-state index is 0.209. The SMILES string of the molecule is CCN(CC(C)C#N)C(=O)c1cnc(Cl)cn1. The average Bonchev–Trinajstić information content (AvgIpc) is 2.35. The standard InChI is InChI=1S/C11H13ClN4O/c1-3-16(7-8(2)4-13)11(17)9-5-15-10(12)6-14-9/h5-6,8H,3,7H2,1-2H3. The quantitative estimate of drug-likeness (QED) is 0.819. The maximum atomic E-state index is 12.0. The summed E-state index contributed by atoms with van der Waals surface area (Å²) in [6.07, 6.45) is 2.67. The van der Waals surface area contributed by atoms with Crippen molar-refractivity contribution in [2.24, 2.45) is 5.92 Å². The zero-order valence-corrected chi connectivity index (χ0v) is 10.5. The molecule has 0 saturated carbocycles. The highest BCUT2D eigenvalue weighted by atomic mass is 35.5.